The Morgan fingerprint density at radius 2 is 2.14 bits per heavy atom. The van der Waals surface area contributed by atoms with Crippen LogP contribution in [0.4, 0.5) is 0 Å². The molecule has 0 aliphatic heterocycles. The monoisotopic (exact) mass is 293 g/mol. The lowest BCUT2D eigenvalue weighted by Crippen LogP contribution is -2.33. The van der Waals surface area contributed by atoms with Gasteiger partial charge < -0.3 is 10.3 Å². The Kier molecular flexibility index (Phi) is 2.76. The topological polar surface area (TPSA) is 57.8 Å². The van der Waals surface area contributed by atoms with Crippen LogP contribution in [0, 0.1) is 5.41 Å². The fraction of sp³-hybridized carbons (Fsp3) is 0.333. The SMILES string of the molecule is CC1(C)Cc2ncc3[nH]c4ccccc4c3c2C(NC=O)C1. The number of benzene rings is 1. The van der Waals surface area contributed by atoms with Crippen LogP contribution in [0.25, 0.3) is 21.8 Å². The molecule has 1 aromatic carbocycles. The van der Waals surface area contributed by atoms with Crippen molar-refractivity contribution in [1.82, 2.24) is 15.3 Å². The van der Waals surface area contributed by atoms with Gasteiger partial charge in [0, 0.05) is 27.5 Å². The summed E-state index contributed by atoms with van der Waals surface area (Å²) in [6, 6.07) is 8.31. The van der Waals surface area contributed by atoms with Crippen molar-refractivity contribution in [3.8, 4) is 0 Å². The van der Waals surface area contributed by atoms with Gasteiger partial charge in [-0.25, -0.2) is 0 Å². The van der Waals surface area contributed by atoms with Crippen molar-refractivity contribution < 1.29 is 4.79 Å². The molecule has 0 spiro atoms. The van der Waals surface area contributed by atoms with Crippen molar-refractivity contribution in [1.29, 1.82) is 0 Å². The highest BCUT2D eigenvalue weighted by molar-refractivity contribution is 6.09. The lowest BCUT2D eigenvalue weighted by atomic mass is 9.73. The van der Waals surface area contributed by atoms with Crippen LogP contribution in [-0.4, -0.2) is 16.4 Å². The molecule has 22 heavy (non-hydrogen) atoms. The smallest absolute Gasteiger partial charge is 0.207 e. The maximum atomic E-state index is 11.1. The molecule has 1 aliphatic carbocycles. The van der Waals surface area contributed by atoms with E-state index < -0.39 is 0 Å². The summed E-state index contributed by atoms with van der Waals surface area (Å²) in [6.45, 7) is 4.47. The molecule has 0 radical (unpaired) electrons. The van der Waals surface area contributed by atoms with Crippen LogP contribution in [0.15, 0.2) is 30.5 Å². The molecular weight excluding hydrogens is 274 g/mol. The minimum absolute atomic E-state index is 0.0201. The van der Waals surface area contributed by atoms with Crippen LogP contribution < -0.4 is 5.32 Å². The van der Waals surface area contributed by atoms with Crippen LogP contribution in [0.1, 0.15) is 37.6 Å². The Bertz CT molecular complexity index is 879. The Balaban J connectivity index is 2.07. The van der Waals surface area contributed by atoms with Crippen LogP contribution in [0.5, 0.6) is 0 Å². The quantitative estimate of drug-likeness (QED) is 0.711. The number of fused-ring (bicyclic) bond motifs is 5. The number of rotatable bonds is 2. The average molecular weight is 293 g/mol. The number of hydrogen-bond acceptors (Lipinski definition) is 2. The van der Waals surface area contributed by atoms with E-state index in [0.717, 1.165) is 36.0 Å². The highest BCUT2D eigenvalue weighted by Crippen LogP contribution is 2.44. The van der Waals surface area contributed by atoms with Gasteiger partial charge in [-0.1, -0.05) is 32.0 Å². The van der Waals surface area contributed by atoms with Crippen molar-refractivity contribution in [2.24, 2.45) is 5.41 Å². The minimum Gasteiger partial charge on any atom is -0.353 e. The molecule has 2 aromatic heterocycles. The van der Waals surface area contributed by atoms with Gasteiger partial charge in [0.2, 0.25) is 6.41 Å². The number of carbonyl (C=O) groups excluding carboxylic acids is 1. The third-order valence-corrected chi connectivity index (χ3v) is 4.69. The minimum atomic E-state index is 0.0201. The van der Waals surface area contributed by atoms with Crippen LogP contribution >= 0.6 is 0 Å². The zero-order valence-electron chi connectivity index (χ0n) is 12.8. The summed E-state index contributed by atoms with van der Waals surface area (Å²) in [7, 11) is 0. The predicted octanol–water partition coefficient (Wildman–Crippen LogP) is 3.48. The van der Waals surface area contributed by atoms with Gasteiger partial charge >= 0.3 is 0 Å². The maximum absolute atomic E-state index is 11.1. The molecular formula is C18H19N3O. The summed E-state index contributed by atoms with van der Waals surface area (Å²) in [5.41, 5.74) is 4.58. The first-order chi connectivity index (χ1) is 10.6. The van der Waals surface area contributed by atoms with E-state index >= 15 is 0 Å². The summed E-state index contributed by atoms with van der Waals surface area (Å²) in [6.07, 6.45) is 4.60. The van der Waals surface area contributed by atoms with Gasteiger partial charge in [-0.05, 0) is 24.3 Å². The first-order valence-corrected chi connectivity index (χ1v) is 7.67. The van der Waals surface area contributed by atoms with Gasteiger partial charge in [0.25, 0.3) is 0 Å². The normalized spacial score (nSPS) is 20.0. The van der Waals surface area contributed by atoms with Crippen LogP contribution in [-0.2, 0) is 11.2 Å². The number of hydrogen-bond donors (Lipinski definition) is 2. The van der Waals surface area contributed by atoms with E-state index in [4.69, 9.17) is 0 Å². The third-order valence-electron chi connectivity index (χ3n) is 4.69. The number of nitrogens with zero attached hydrogens (tertiary/aromatic N) is 1. The Hall–Kier alpha value is -2.36. The summed E-state index contributed by atoms with van der Waals surface area (Å²) < 4.78 is 0. The molecule has 1 aliphatic rings. The highest BCUT2D eigenvalue weighted by Gasteiger charge is 2.34. The highest BCUT2D eigenvalue weighted by atomic mass is 16.1. The number of amides is 1. The van der Waals surface area contributed by atoms with E-state index in [9.17, 15) is 4.79 Å². The molecule has 3 aromatic rings. The first-order valence-electron chi connectivity index (χ1n) is 7.67. The molecule has 1 amide bonds. The van der Waals surface area contributed by atoms with Crippen LogP contribution in [0.2, 0.25) is 0 Å². The van der Waals surface area contributed by atoms with Crippen molar-refractivity contribution in [3.63, 3.8) is 0 Å². The van der Waals surface area contributed by atoms with E-state index in [-0.39, 0.29) is 11.5 Å². The fourth-order valence-electron chi connectivity index (χ4n) is 3.83. The maximum Gasteiger partial charge on any atom is 0.207 e. The second-order valence-corrected chi connectivity index (χ2v) is 6.96. The molecule has 4 heteroatoms. The summed E-state index contributed by atoms with van der Waals surface area (Å²) >= 11 is 0. The molecule has 112 valence electrons. The predicted molar refractivity (Wildman–Crippen MR) is 87.6 cm³/mol. The van der Waals surface area contributed by atoms with Gasteiger partial charge in [-0.15, -0.1) is 0 Å². The van der Waals surface area contributed by atoms with E-state index in [1.165, 1.54) is 16.3 Å². The van der Waals surface area contributed by atoms with Gasteiger partial charge in [-0.2, -0.15) is 0 Å². The molecule has 1 atom stereocenters. The molecule has 0 saturated carbocycles. The number of H-pyrrole nitrogens is 1. The summed E-state index contributed by atoms with van der Waals surface area (Å²) in [5, 5.41) is 5.41. The Morgan fingerprint density at radius 1 is 1.32 bits per heavy atom. The molecule has 0 bridgehead atoms. The van der Waals surface area contributed by atoms with Crippen molar-refractivity contribution >= 4 is 28.2 Å². The molecule has 4 nitrogen and oxygen atoms in total. The number of aromatic amines is 1. The van der Waals surface area contributed by atoms with Crippen molar-refractivity contribution in [2.75, 3.05) is 0 Å². The van der Waals surface area contributed by atoms with E-state index in [2.05, 4.69) is 47.3 Å². The van der Waals surface area contributed by atoms with Crippen molar-refractivity contribution in [3.05, 3.63) is 41.7 Å². The third kappa shape index (κ3) is 1.90. The first kappa shape index (κ1) is 13.3. The number of para-hydroxylation sites is 1. The average Bonchev–Trinajstić information content (AvgIpc) is 2.84. The second kappa shape index (κ2) is 4.57. The lowest BCUT2D eigenvalue weighted by molar-refractivity contribution is -0.110. The molecule has 0 fully saturated rings. The molecule has 1 unspecified atom stereocenters. The zero-order chi connectivity index (χ0) is 15.3. The van der Waals surface area contributed by atoms with E-state index in [1.54, 1.807) is 0 Å². The number of carbonyl (C=O) groups is 1. The molecule has 0 saturated heterocycles. The van der Waals surface area contributed by atoms with Crippen molar-refractivity contribution in [2.45, 2.75) is 32.7 Å². The van der Waals surface area contributed by atoms with E-state index in [0.29, 0.717) is 0 Å². The van der Waals surface area contributed by atoms with Gasteiger partial charge in [-0.3, -0.25) is 9.78 Å². The standard InChI is InChI=1S/C18H19N3O/c1-18(2)7-13-17(14(8-18)20-10-22)16-11-5-3-4-6-12(11)21-15(16)9-19-13/h3-6,9-10,14,21H,7-8H2,1-2H3,(H,20,22). The number of nitrogens with one attached hydrogen (secondary N) is 2. The second-order valence-electron chi connectivity index (χ2n) is 6.96. The largest absolute Gasteiger partial charge is 0.353 e. The summed E-state index contributed by atoms with van der Waals surface area (Å²) in [4.78, 5) is 19.2. The molecule has 2 N–H and O–H groups in total. The Morgan fingerprint density at radius 3 is 2.95 bits per heavy atom. The Labute approximate surface area is 128 Å². The molecule has 4 rings (SSSR count). The fourth-order valence-corrected chi connectivity index (χ4v) is 3.83. The van der Waals surface area contributed by atoms with E-state index in [1.807, 2.05) is 12.3 Å². The molecule has 2 heterocycles. The van der Waals surface area contributed by atoms with Gasteiger partial charge in [0.05, 0.1) is 17.8 Å². The van der Waals surface area contributed by atoms with Crippen LogP contribution in [0.3, 0.4) is 0 Å². The zero-order valence-corrected chi connectivity index (χ0v) is 12.8. The summed E-state index contributed by atoms with van der Waals surface area (Å²) in [5.74, 6) is 0. The lowest BCUT2D eigenvalue weighted by Gasteiger charge is -2.36. The number of pyridine rings is 1. The van der Waals surface area contributed by atoms with Gasteiger partial charge in [0.1, 0.15) is 0 Å². The number of aromatic nitrogens is 2. The van der Waals surface area contributed by atoms with Gasteiger partial charge in [0.15, 0.2) is 0 Å².